The fourth-order valence-corrected chi connectivity index (χ4v) is 3.47. The average molecular weight is 333 g/mol. The Morgan fingerprint density at radius 2 is 1.92 bits per heavy atom. The largest absolute Gasteiger partial charge is 0.351 e. The lowest BCUT2D eigenvalue weighted by Gasteiger charge is -2.02. The van der Waals surface area contributed by atoms with Crippen LogP contribution in [-0.2, 0) is 11.8 Å². The normalized spacial score (nSPS) is 17.8. The van der Waals surface area contributed by atoms with Gasteiger partial charge >= 0.3 is 0 Å². The lowest BCUT2D eigenvalue weighted by Crippen LogP contribution is -2.19. The Morgan fingerprint density at radius 1 is 1.08 bits per heavy atom. The van der Waals surface area contributed by atoms with Gasteiger partial charge in [-0.3, -0.25) is 4.79 Å². The molecule has 1 aliphatic rings. The molecule has 24 heavy (non-hydrogen) atoms. The number of aryl methyl sites for hydroxylation is 1. The Labute approximate surface area is 143 Å². The van der Waals surface area contributed by atoms with Gasteiger partial charge in [-0.05, 0) is 41.4 Å². The number of aromatic nitrogens is 1. The molecule has 0 unspecified atom stereocenters. The van der Waals surface area contributed by atoms with E-state index in [2.05, 4.69) is 22.4 Å². The molecule has 1 N–H and O–H groups in total. The van der Waals surface area contributed by atoms with Crippen LogP contribution in [-0.4, -0.2) is 15.6 Å². The van der Waals surface area contributed by atoms with Gasteiger partial charge in [0.15, 0.2) is 5.17 Å². The van der Waals surface area contributed by atoms with Crippen molar-refractivity contribution in [3.63, 3.8) is 0 Å². The second-order valence-electron chi connectivity index (χ2n) is 5.52. The molecule has 1 aromatic heterocycles. The quantitative estimate of drug-likeness (QED) is 0.719. The first-order chi connectivity index (χ1) is 11.7. The van der Waals surface area contributed by atoms with E-state index in [0.717, 1.165) is 22.2 Å². The summed E-state index contributed by atoms with van der Waals surface area (Å²) >= 11 is 1.37. The van der Waals surface area contributed by atoms with Crippen LogP contribution in [0, 0.1) is 0 Å². The fourth-order valence-electron chi connectivity index (χ4n) is 2.65. The van der Waals surface area contributed by atoms with E-state index in [1.807, 2.05) is 66.4 Å². The van der Waals surface area contributed by atoms with Crippen LogP contribution in [0.4, 0.5) is 5.69 Å². The predicted molar refractivity (Wildman–Crippen MR) is 100 cm³/mol. The molecular formula is C19H15N3OS. The summed E-state index contributed by atoms with van der Waals surface area (Å²) in [5.74, 6) is -0.111. The average Bonchev–Trinajstić information content (AvgIpc) is 3.14. The molecule has 2 heterocycles. The number of benzene rings is 2. The van der Waals surface area contributed by atoms with Crippen molar-refractivity contribution in [2.75, 3.05) is 0 Å². The van der Waals surface area contributed by atoms with Crippen molar-refractivity contribution in [2.24, 2.45) is 12.0 Å². The van der Waals surface area contributed by atoms with E-state index < -0.39 is 0 Å². The summed E-state index contributed by atoms with van der Waals surface area (Å²) in [7, 11) is 1.95. The molecule has 1 aliphatic heterocycles. The third kappa shape index (κ3) is 2.74. The molecule has 1 amide bonds. The number of aliphatic imine (C=N–C) groups is 1. The van der Waals surface area contributed by atoms with Gasteiger partial charge in [0.1, 0.15) is 0 Å². The first kappa shape index (κ1) is 14.8. The minimum Gasteiger partial charge on any atom is -0.351 e. The molecule has 118 valence electrons. The summed E-state index contributed by atoms with van der Waals surface area (Å²) in [6.07, 6.45) is 3.83. The Bertz CT molecular complexity index is 995. The lowest BCUT2D eigenvalue weighted by molar-refractivity contribution is -0.115. The molecule has 0 saturated carbocycles. The number of fused-ring (bicyclic) bond motifs is 1. The van der Waals surface area contributed by atoms with Crippen LogP contribution < -0.4 is 5.32 Å². The van der Waals surface area contributed by atoms with Crippen LogP contribution in [0.3, 0.4) is 0 Å². The van der Waals surface area contributed by atoms with Crippen LogP contribution >= 0.6 is 11.8 Å². The van der Waals surface area contributed by atoms with E-state index in [9.17, 15) is 4.79 Å². The molecular weight excluding hydrogens is 318 g/mol. The van der Waals surface area contributed by atoms with Crippen molar-refractivity contribution in [2.45, 2.75) is 0 Å². The Balaban J connectivity index is 1.68. The van der Waals surface area contributed by atoms with Crippen molar-refractivity contribution < 1.29 is 4.79 Å². The SMILES string of the molecule is Cn1cccc1/C=C1/SC(=Nc2cccc3ccccc23)NC1=O. The number of nitrogens with one attached hydrogen (secondary N) is 1. The van der Waals surface area contributed by atoms with E-state index in [1.54, 1.807) is 0 Å². The van der Waals surface area contributed by atoms with Crippen LogP contribution in [0.2, 0.25) is 0 Å². The highest BCUT2D eigenvalue weighted by atomic mass is 32.2. The number of hydrogen-bond donors (Lipinski definition) is 1. The molecule has 0 spiro atoms. The van der Waals surface area contributed by atoms with Crippen LogP contribution in [0.15, 0.2) is 70.7 Å². The molecule has 4 nitrogen and oxygen atoms in total. The first-order valence-corrected chi connectivity index (χ1v) is 8.41. The minimum absolute atomic E-state index is 0.111. The molecule has 0 aliphatic carbocycles. The van der Waals surface area contributed by atoms with Gasteiger partial charge in [-0.25, -0.2) is 4.99 Å². The molecule has 1 saturated heterocycles. The summed E-state index contributed by atoms with van der Waals surface area (Å²) in [5, 5.41) is 5.66. The van der Waals surface area contributed by atoms with Gasteiger partial charge in [-0.2, -0.15) is 0 Å². The fraction of sp³-hybridized carbons (Fsp3) is 0.0526. The second-order valence-corrected chi connectivity index (χ2v) is 6.55. The van der Waals surface area contributed by atoms with E-state index in [-0.39, 0.29) is 5.91 Å². The number of carbonyl (C=O) groups is 1. The highest BCUT2D eigenvalue weighted by Gasteiger charge is 2.24. The van der Waals surface area contributed by atoms with Crippen molar-refractivity contribution in [3.8, 4) is 0 Å². The summed E-state index contributed by atoms with van der Waals surface area (Å²) in [6.45, 7) is 0. The number of thioether (sulfide) groups is 1. The monoisotopic (exact) mass is 333 g/mol. The molecule has 1 fully saturated rings. The van der Waals surface area contributed by atoms with E-state index in [0.29, 0.717) is 10.1 Å². The van der Waals surface area contributed by atoms with E-state index in [1.165, 1.54) is 11.8 Å². The van der Waals surface area contributed by atoms with Gasteiger partial charge in [0.05, 0.1) is 10.6 Å². The first-order valence-electron chi connectivity index (χ1n) is 7.59. The lowest BCUT2D eigenvalue weighted by atomic mass is 10.1. The molecule has 3 aromatic rings. The molecule has 0 atom stereocenters. The molecule has 4 rings (SSSR count). The van der Waals surface area contributed by atoms with Gasteiger partial charge in [-0.1, -0.05) is 36.4 Å². The molecule has 0 radical (unpaired) electrons. The number of rotatable bonds is 2. The predicted octanol–water partition coefficient (Wildman–Crippen LogP) is 4.07. The Hall–Kier alpha value is -2.79. The number of carbonyl (C=O) groups excluding carboxylic acids is 1. The maximum absolute atomic E-state index is 12.2. The third-order valence-electron chi connectivity index (χ3n) is 3.90. The van der Waals surface area contributed by atoms with Crippen LogP contribution in [0.1, 0.15) is 5.69 Å². The van der Waals surface area contributed by atoms with Gasteiger partial charge in [-0.15, -0.1) is 0 Å². The minimum atomic E-state index is -0.111. The van der Waals surface area contributed by atoms with Crippen molar-refractivity contribution >= 4 is 45.4 Å². The standard InChI is InChI=1S/C19H15N3OS/c1-22-11-5-8-14(22)12-17-18(23)21-19(24-17)20-16-10-4-7-13-6-2-3-9-15(13)16/h2-12H,1H3,(H,20,21,23)/b17-12+. The zero-order valence-electron chi connectivity index (χ0n) is 13.1. The van der Waals surface area contributed by atoms with E-state index >= 15 is 0 Å². The van der Waals surface area contributed by atoms with Crippen molar-refractivity contribution in [3.05, 3.63) is 71.4 Å². The zero-order valence-corrected chi connectivity index (χ0v) is 13.9. The second kappa shape index (κ2) is 6.02. The summed E-state index contributed by atoms with van der Waals surface area (Å²) < 4.78 is 1.97. The summed E-state index contributed by atoms with van der Waals surface area (Å²) in [4.78, 5) is 17.5. The highest BCUT2D eigenvalue weighted by Crippen LogP contribution is 2.31. The third-order valence-corrected chi connectivity index (χ3v) is 4.81. The smallest absolute Gasteiger partial charge is 0.264 e. The number of amides is 1. The van der Waals surface area contributed by atoms with Gasteiger partial charge in [0, 0.05) is 24.3 Å². The van der Waals surface area contributed by atoms with Crippen LogP contribution in [0.5, 0.6) is 0 Å². The topological polar surface area (TPSA) is 46.4 Å². The summed E-state index contributed by atoms with van der Waals surface area (Å²) in [5.41, 5.74) is 1.84. The molecule has 2 aromatic carbocycles. The summed E-state index contributed by atoms with van der Waals surface area (Å²) in [6, 6.07) is 18.0. The van der Waals surface area contributed by atoms with Gasteiger partial charge < -0.3 is 9.88 Å². The van der Waals surface area contributed by atoms with Crippen LogP contribution in [0.25, 0.3) is 16.8 Å². The number of nitrogens with zero attached hydrogens (tertiary/aromatic N) is 2. The Morgan fingerprint density at radius 3 is 2.75 bits per heavy atom. The van der Waals surface area contributed by atoms with Crippen molar-refractivity contribution in [1.29, 1.82) is 0 Å². The number of amidine groups is 1. The maximum Gasteiger partial charge on any atom is 0.264 e. The molecule has 5 heteroatoms. The highest BCUT2D eigenvalue weighted by molar-refractivity contribution is 8.18. The number of hydrogen-bond acceptors (Lipinski definition) is 3. The van der Waals surface area contributed by atoms with Gasteiger partial charge in [0.2, 0.25) is 0 Å². The van der Waals surface area contributed by atoms with Crippen molar-refractivity contribution in [1.82, 2.24) is 9.88 Å². The molecule has 0 bridgehead atoms. The van der Waals surface area contributed by atoms with Gasteiger partial charge in [0.25, 0.3) is 5.91 Å². The Kier molecular flexibility index (Phi) is 3.70. The zero-order chi connectivity index (χ0) is 16.5. The van der Waals surface area contributed by atoms with E-state index in [4.69, 9.17) is 0 Å². The maximum atomic E-state index is 12.2.